The van der Waals surface area contributed by atoms with Crippen molar-refractivity contribution in [1.82, 2.24) is 5.32 Å². The molecule has 1 aromatic rings. The van der Waals surface area contributed by atoms with E-state index in [4.69, 9.17) is 0 Å². The molecule has 18 heavy (non-hydrogen) atoms. The number of carbonyl (C=O) groups excluding carboxylic acids is 1. The Morgan fingerprint density at radius 2 is 1.89 bits per heavy atom. The fourth-order valence-corrected chi connectivity index (χ4v) is 2.52. The third-order valence-electron chi connectivity index (χ3n) is 3.50. The second-order valence-corrected chi connectivity index (χ2v) is 6.17. The smallest absolute Gasteiger partial charge is 0.251 e. The van der Waals surface area contributed by atoms with Gasteiger partial charge >= 0.3 is 0 Å². The SMILES string of the molecule is C[C@]1(O)CC[C@@H](NC(=O)c2ccc(Br)cc2)CC1. The summed E-state index contributed by atoms with van der Waals surface area (Å²) in [6.45, 7) is 1.86. The topological polar surface area (TPSA) is 49.3 Å². The molecule has 0 heterocycles. The first-order chi connectivity index (χ1) is 8.46. The van der Waals surface area contributed by atoms with Crippen LogP contribution in [0.1, 0.15) is 43.0 Å². The molecule has 0 bridgehead atoms. The van der Waals surface area contributed by atoms with Crippen LogP contribution in [-0.4, -0.2) is 22.7 Å². The highest BCUT2D eigenvalue weighted by molar-refractivity contribution is 9.10. The molecule has 0 saturated heterocycles. The molecular formula is C14H18BrNO2. The Hall–Kier alpha value is -0.870. The number of benzene rings is 1. The first-order valence-electron chi connectivity index (χ1n) is 6.25. The zero-order chi connectivity index (χ0) is 13.2. The molecule has 0 radical (unpaired) electrons. The number of nitrogens with one attached hydrogen (secondary N) is 1. The van der Waals surface area contributed by atoms with Crippen LogP contribution in [0.2, 0.25) is 0 Å². The minimum Gasteiger partial charge on any atom is -0.390 e. The number of halogens is 1. The fraction of sp³-hybridized carbons (Fsp3) is 0.500. The molecular weight excluding hydrogens is 294 g/mol. The van der Waals surface area contributed by atoms with Gasteiger partial charge in [0.2, 0.25) is 0 Å². The maximum atomic E-state index is 12.0. The second-order valence-electron chi connectivity index (χ2n) is 5.25. The maximum Gasteiger partial charge on any atom is 0.251 e. The van der Waals surface area contributed by atoms with Gasteiger partial charge < -0.3 is 10.4 Å². The minimum absolute atomic E-state index is 0.0333. The number of hydrogen-bond donors (Lipinski definition) is 2. The van der Waals surface area contributed by atoms with Gasteiger partial charge in [-0.05, 0) is 56.9 Å². The van der Waals surface area contributed by atoms with Gasteiger partial charge in [0.25, 0.3) is 5.91 Å². The molecule has 1 fully saturated rings. The zero-order valence-corrected chi connectivity index (χ0v) is 12.0. The standard InChI is InChI=1S/C14H18BrNO2/c1-14(18)8-6-12(7-9-14)16-13(17)10-2-4-11(15)5-3-10/h2-5,12,18H,6-9H2,1H3,(H,16,17)/t12-,14+. The van der Waals surface area contributed by atoms with Crippen molar-refractivity contribution in [2.24, 2.45) is 0 Å². The zero-order valence-electron chi connectivity index (χ0n) is 10.4. The summed E-state index contributed by atoms with van der Waals surface area (Å²) < 4.78 is 0.966. The molecule has 1 aliphatic rings. The third kappa shape index (κ3) is 3.56. The van der Waals surface area contributed by atoms with Crippen molar-refractivity contribution in [1.29, 1.82) is 0 Å². The van der Waals surface area contributed by atoms with Crippen LogP contribution in [-0.2, 0) is 0 Å². The van der Waals surface area contributed by atoms with Gasteiger partial charge in [-0.3, -0.25) is 4.79 Å². The summed E-state index contributed by atoms with van der Waals surface area (Å²) in [5.74, 6) is -0.0333. The number of rotatable bonds is 2. The van der Waals surface area contributed by atoms with E-state index in [0.717, 1.165) is 30.2 Å². The molecule has 1 aromatic carbocycles. The van der Waals surface area contributed by atoms with Crippen molar-refractivity contribution in [3.63, 3.8) is 0 Å². The van der Waals surface area contributed by atoms with Crippen LogP contribution in [0.15, 0.2) is 28.7 Å². The minimum atomic E-state index is -0.557. The summed E-state index contributed by atoms with van der Waals surface area (Å²) in [4.78, 5) is 12.0. The Labute approximate surface area is 116 Å². The highest BCUT2D eigenvalue weighted by Gasteiger charge is 2.29. The predicted molar refractivity (Wildman–Crippen MR) is 74.5 cm³/mol. The van der Waals surface area contributed by atoms with Gasteiger partial charge in [0, 0.05) is 16.1 Å². The van der Waals surface area contributed by atoms with Gasteiger partial charge in [-0.15, -0.1) is 0 Å². The Bertz CT molecular complexity index is 418. The highest BCUT2D eigenvalue weighted by atomic mass is 79.9. The molecule has 1 saturated carbocycles. The van der Waals surface area contributed by atoms with Gasteiger partial charge in [-0.1, -0.05) is 15.9 Å². The number of hydrogen-bond acceptors (Lipinski definition) is 2. The summed E-state index contributed by atoms with van der Waals surface area (Å²) >= 11 is 3.35. The van der Waals surface area contributed by atoms with E-state index in [9.17, 15) is 9.90 Å². The first-order valence-corrected chi connectivity index (χ1v) is 7.04. The van der Waals surface area contributed by atoms with E-state index >= 15 is 0 Å². The van der Waals surface area contributed by atoms with E-state index in [-0.39, 0.29) is 11.9 Å². The molecule has 1 aliphatic carbocycles. The summed E-state index contributed by atoms with van der Waals surface area (Å²) in [5.41, 5.74) is 0.120. The molecule has 0 unspecified atom stereocenters. The fourth-order valence-electron chi connectivity index (χ4n) is 2.25. The molecule has 0 aromatic heterocycles. The number of amides is 1. The van der Waals surface area contributed by atoms with Crippen LogP contribution in [0.3, 0.4) is 0 Å². The summed E-state index contributed by atoms with van der Waals surface area (Å²) in [5, 5.41) is 12.9. The molecule has 0 aliphatic heterocycles. The van der Waals surface area contributed by atoms with Crippen molar-refractivity contribution in [3.8, 4) is 0 Å². The average molecular weight is 312 g/mol. The normalized spacial score (nSPS) is 27.8. The molecule has 4 heteroatoms. The number of aliphatic hydroxyl groups is 1. The number of carbonyl (C=O) groups is 1. The van der Waals surface area contributed by atoms with E-state index < -0.39 is 5.60 Å². The van der Waals surface area contributed by atoms with Crippen LogP contribution in [0.25, 0.3) is 0 Å². The first kappa shape index (κ1) is 13.6. The van der Waals surface area contributed by atoms with Crippen LogP contribution in [0, 0.1) is 0 Å². The molecule has 0 spiro atoms. The van der Waals surface area contributed by atoms with Gasteiger partial charge in [0.05, 0.1) is 5.60 Å². The largest absolute Gasteiger partial charge is 0.390 e. The molecule has 0 atom stereocenters. The van der Waals surface area contributed by atoms with E-state index in [1.54, 1.807) is 12.1 Å². The van der Waals surface area contributed by atoms with Crippen LogP contribution < -0.4 is 5.32 Å². The molecule has 2 rings (SSSR count). The van der Waals surface area contributed by atoms with Crippen molar-refractivity contribution in [2.75, 3.05) is 0 Å². The Kier molecular flexibility index (Phi) is 4.07. The lowest BCUT2D eigenvalue weighted by Crippen LogP contribution is -2.42. The quantitative estimate of drug-likeness (QED) is 0.882. The third-order valence-corrected chi connectivity index (χ3v) is 4.03. The average Bonchev–Trinajstić information content (AvgIpc) is 2.33. The lowest BCUT2D eigenvalue weighted by Gasteiger charge is -2.33. The Morgan fingerprint density at radius 1 is 1.33 bits per heavy atom. The van der Waals surface area contributed by atoms with Crippen molar-refractivity contribution < 1.29 is 9.90 Å². The highest BCUT2D eigenvalue weighted by Crippen LogP contribution is 2.27. The van der Waals surface area contributed by atoms with E-state index in [1.165, 1.54) is 0 Å². The van der Waals surface area contributed by atoms with Gasteiger partial charge in [0.1, 0.15) is 0 Å². The Morgan fingerprint density at radius 3 is 2.44 bits per heavy atom. The Balaban J connectivity index is 1.90. The van der Waals surface area contributed by atoms with Crippen molar-refractivity contribution in [3.05, 3.63) is 34.3 Å². The van der Waals surface area contributed by atoms with Gasteiger partial charge in [-0.25, -0.2) is 0 Å². The summed E-state index contributed by atoms with van der Waals surface area (Å²) in [7, 11) is 0. The predicted octanol–water partition coefficient (Wildman–Crippen LogP) is 2.87. The van der Waals surface area contributed by atoms with Crippen LogP contribution in [0.4, 0.5) is 0 Å². The van der Waals surface area contributed by atoms with E-state index in [1.807, 2.05) is 19.1 Å². The molecule has 1 amide bonds. The molecule has 2 N–H and O–H groups in total. The lowest BCUT2D eigenvalue weighted by molar-refractivity contribution is 0.0140. The molecule has 3 nitrogen and oxygen atoms in total. The van der Waals surface area contributed by atoms with Crippen LogP contribution in [0.5, 0.6) is 0 Å². The second kappa shape index (κ2) is 5.41. The van der Waals surface area contributed by atoms with E-state index in [0.29, 0.717) is 5.56 Å². The maximum absolute atomic E-state index is 12.0. The van der Waals surface area contributed by atoms with Gasteiger partial charge in [0.15, 0.2) is 0 Å². The van der Waals surface area contributed by atoms with E-state index in [2.05, 4.69) is 21.2 Å². The van der Waals surface area contributed by atoms with Crippen molar-refractivity contribution in [2.45, 2.75) is 44.2 Å². The lowest BCUT2D eigenvalue weighted by atomic mass is 9.83. The molecule has 98 valence electrons. The van der Waals surface area contributed by atoms with Crippen LogP contribution >= 0.6 is 15.9 Å². The van der Waals surface area contributed by atoms with Crippen molar-refractivity contribution >= 4 is 21.8 Å². The summed E-state index contributed by atoms with van der Waals surface area (Å²) in [6.07, 6.45) is 3.18. The monoisotopic (exact) mass is 311 g/mol. The van der Waals surface area contributed by atoms with Gasteiger partial charge in [-0.2, -0.15) is 0 Å². The summed E-state index contributed by atoms with van der Waals surface area (Å²) in [6, 6.07) is 7.51.